The Morgan fingerprint density at radius 1 is 1.53 bits per heavy atom. The molecule has 0 rings (SSSR count). The van der Waals surface area contributed by atoms with Crippen LogP contribution in [0.1, 0.15) is 20.8 Å². The van der Waals surface area contributed by atoms with Gasteiger partial charge in [0.1, 0.15) is 0 Å². The smallest absolute Gasteiger partial charge is 0.0590 e. The molecule has 0 radical (unpaired) electrons. The van der Waals surface area contributed by atoms with Crippen LogP contribution in [-0.4, -0.2) is 13.2 Å². The number of terminal acetylenes is 1. The number of hydrogen-bond donors (Lipinski definition) is 2. The first-order chi connectivity index (χ1) is 6.93. The summed E-state index contributed by atoms with van der Waals surface area (Å²) in [6, 6.07) is 0. The molecule has 3 heteroatoms. The Labute approximate surface area is 102 Å². The van der Waals surface area contributed by atoms with Crippen LogP contribution in [0.4, 0.5) is 0 Å². The molecule has 2 nitrogen and oxygen atoms in total. The monoisotopic (exact) mass is 272 g/mol. The highest BCUT2D eigenvalue weighted by Gasteiger charge is 2.26. The quantitative estimate of drug-likeness (QED) is 0.596. The second kappa shape index (κ2) is 7.05. The molecule has 0 aliphatic heterocycles. The summed E-state index contributed by atoms with van der Waals surface area (Å²) in [5, 5.41) is 3.07. The molecular weight excluding hydrogens is 252 g/mol. The summed E-state index contributed by atoms with van der Waals surface area (Å²) < 4.78 is 1.12. The second-order valence-electron chi connectivity index (χ2n) is 3.96. The van der Waals surface area contributed by atoms with Crippen LogP contribution in [0.25, 0.3) is 0 Å². The Morgan fingerprint density at radius 3 is 2.40 bits per heavy atom. The standard InChI is InChI=1S/C12H21BrN2/c1-6-8(2)11(12(14)15-5)9(3)7-10(4)13/h1,7-9,11-12,15H,14H2,2-5H3/b10-7+/t8-,9?,11-,12-/m1/s1. The first-order valence-electron chi connectivity index (χ1n) is 5.17. The first kappa shape index (κ1) is 14.7. The molecule has 0 amide bonds. The zero-order valence-corrected chi connectivity index (χ0v) is 11.5. The van der Waals surface area contributed by atoms with Gasteiger partial charge in [0.2, 0.25) is 0 Å². The third-order valence-electron chi connectivity index (χ3n) is 2.69. The molecule has 0 saturated carbocycles. The lowest BCUT2D eigenvalue weighted by Crippen LogP contribution is -2.46. The maximum atomic E-state index is 6.02. The van der Waals surface area contributed by atoms with Crippen LogP contribution in [-0.2, 0) is 0 Å². The van der Waals surface area contributed by atoms with Crippen LogP contribution < -0.4 is 11.1 Å². The molecule has 86 valence electrons. The molecule has 0 bridgehead atoms. The van der Waals surface area contributed by atoms with Crippen LogP contribution in [0.2, 0.25) is 0 Å². The van der Waals surface area contributed by atoms with Gasteiger partial charge in [-0.1, -0.05) is 35.9 Å². The molecule has 0 saturated heterocycles. The normalized spacial score (nSPS) is 20.2. The molecule has 1 unspecified atom stereocenters. The summed E-state index contributed by atoms with van der Waals surface area (Å²) >= 11 is 3.43. The van der Waals surface area contributed by atoms with E-state index in [1.54, 1.807) is 0 Å². The van der Waals surface area contributed by atoms with Gasteiger partial charge in [-0.2, -0.15) is 0 Å². The Kier molecular flexibility index (Phi) is 6.91. The summed E-state index contributed by atoms with van der Waals surface area (Å²) in [7, 11) is 1.86. The highest BCUT2D eigenvalue weighted by atomic mass is 79.9. The summed E-state index contributed by atoms with van der Waals surface area (Å²) in [6.45, 7) is 6.19. The lowest BCUT2D eigenvalue weighted by atomic mass is 9.81. The number of halogens is 1. The Bertz CT molecular complexity index is 251. The average molecular weight is 273 g/mol. The van der Waals surface area contributed by atoms with Crippen molar-refractivity contribution in [2.24, 2.45) is 23.5 Å². The Balaban J connectivity index is 4.79. The van der Waals surface area contributed by atoms with Crippen LogP contribution in [0.3, 0.4) is 0 Å². The van der Waals surface area contributed by atoms with E-state index in [9.17, 15) is 0 Å². The summed E-state index contributed by atoms with van der Waals surface area (Å²) in [4.78, 5) is 0. The topological polar surface area (TPSA) is 38.0 Å². The third kappa shape index (κ3) is 4.83. The lowest BCUT2D eigenvalue weighted by Gasteiger charge is -2.30. The first-order valence-corrected chi connectivity index (χ1v) is 5.96. The maximum absolute atomic E-state index is 6.02. The minimum absolute atomic E-state index is 0.0749. The minimum Gasteiger partial charge on any atom is -0.316 e. The van der Waals surface area contributed by atoms with E-state index in [0.717, 1.165) is 4.48 Å². The van der Waals surface area contributed by atoms with E-state index in [-0.39, 0.29) is 18.0 Å². The number of hydrogen-bond acceptors (Lipinski definition) is 2. The van der Waals surface area contributed by atoms with E-state index in [1.165, 1.54) is 0 Å². The predicted octanol–water partition coefficient (Wildman–Crippen LogP) is 2.31. The largest absolute Gasteiger partial charge is 0.316 e. The van der Waals surface area contributed by atoms with E-state index in [1.807, 2.05) is 20.9 Å². The van der Waals surface area contributed by atoms with Crippen LogP contribution in [0.5, 0.6) is 0 Å². The van der Waals surface area contributed by atoms with E-state index in [4.69, 9.17) is 12.2 Å². The Hall–Kier alpha value is -0.300. The molecule has 0 aliphatic rings. The van der Waals surface area contributed by atoms with E-state index < -0.39 is 0 Å². The van der Waals surface area contributed by atoms with Crippen molar-refractivity contribution < 1.29 is 0 Å². The molecule has 15 heavy (non-hydrogen) atoms. The zero-order chi connectivity index (χ0) is 12.0. The molecular formula is C12H21BrN2. The summed E-state index contributed by atoms with van der Waals surface area (Å²) in [5.74, 6) is 3.52. The fourth-order valence-electron chi connectivity index (χ4n) is 1.87. The van der Waals surface area contributed by atoms with Gasteiger partial charge in [-0.25, -0.2) is 0 Å². The van der Waals surface area contributed by atoms with Gasteiger partial charge in [0, 0.05) is 11.8 Å². The van der Waals surface area contributed by atoms with E-state index in [2.05, 4.69) is 40.2 Å². The third-order valence-corrected chi connectivity index (χ3v) is 2.95. The van der Waals surface area contributed by atoms with E-state index >= 15 is 0 Å². The number of allylic oxidation sites excluding steroid dienone is 2. The van der Waals surface area contributed by atoms with Crippen molar-refractivity contribution in [2.45, 2.75) is 26.9 Å². The van der Waals surface area contributed by atoms with Gasteiger partial charge in [-0.05, 0) is 24.4 Å². The van der Waals surface area contributed by atoms with Crippen LogP contribution >= 0.6 is 15.9 Å². The Morgan fingerprint density at radius 2 is 2.07 bits per heavy atom. The van der Waals surface area contributed by atoms with Crippen LogP contribution in [0, 0.1) is 30.1 Å². The second-order valence-corrected chi connectivity index (χ2v) is 5.21. The summed E-state index contributed by atoms with van der Waals surface area (Å²) in [6.07, 6.45) is 7.54. The van der Waals surface area contributed by atoms with Crippen molar-refractivity contribution in [3.63, 3.8) is 0 Å². The van der Waals surface area contributed by atoms with Gasteiger partial charge in [0.25, 0.3) is 0 Å². The number of nitrogens with one attached hydrogen (secondary N) is 1. The van der Waals surface area contributed by atoms with Gasteiger partial charge in [-0.3, -0.25) is 0 Å². The van der Waals surface area contributed by atoms with Gasteiger partial charge < -0.3 is 11.1 Å². The van der Waals surface area contributed by atoms with Crippen LogP contribution in [0.15, 0.2) is 10.6 Å². The molecule has 0 aromatic carbocycles. The molecule has 0 spiro atoms. The van der Waals surface area contributed by atoms with Crippen molar-refractivity contribution in [1.29, 1.82) is 0 Å². The van der Waals surface area contributed by atoms with Gasteiger partial charge in [0.05, 0.1) is 6.17 Å². The summed E-state index contributed by atoms with van der Waals surface area (Å²) in [5.41, 5.74) is 6.02. The predicted molar refractivity (Wildman–Crippen MR) is 70.4 cm³/mol. The molecule has 0 aromatic heterocycles. The number of nitrogens with two attached hydrogens (primary N) is 1. The van der Waals surface area contributed by atoms with Crippen molar-refractivity contribution >= 4 is 15.9 Å². The molecule has 0 aliphatic carbocycles. The molecule has 0 fully saturated rings. The zero-order valence-electron chi connectivity index (χ0n) is 9.92. The molecule has 3 N–H and O–H groups in total. The van der Waals surface area contributed by atoms with E-state index in [0.29, 0.717) is 5.92 Å². The average Bonchev–Trinajstić information content (AvgIpc) is 2.16. The van der Waals surface area contributed by atoms with Crippen molar-refractivity contribution in [3.05, 3.63) is 10.6 Å². The van der Waals surface area contributed by atoms with Crippen molar-refractivity contribution in [3.8, 4) is 12.3 Å². The minimum atomic E-state index is -0.0749. The van der Waals surface area contributed by atoms with Gasteiger partial charge in [-0.15, -0.1) is 12.3 Å². The number of rotatable bonds is 5. The highest BCUT2D eigenvalue weighted by Crippen LogP contribution is 2.25. The maximum Gasteiger partial charge on any atom is 0.0590 e. The highest BCUT2D eigenvalue weighted by molar-refractivity contribution is 9.11. The SMILES string of the molecule is C#C[C@@H](C)[C@H](C(C)/C=C(\C)Br)[C@H](N)NC. The van der Waals surface area contributed by atoms with Gasteiger partial charge >= 0.3 is 0 Å². The van der Waals surface area contributed by atoms with Gasteiger partial charge in [0.15, 0.2) is 0 Å². The molecule has 0 aromatic rings. The molecule has 0 heterocycles. The fraction of sp³-hybridized carbons (Fsp3) is 0.667. The molecule has 4 atom stereocenters. The van der Waals surface area contributed by atoms with Crippen molar-refractivity contribution in [2.75, 3.05) is 7.05 Å². The lowest BCUT2D eigenvalue weighted by molar-refractivity contribution is 0.262. The fourth-order valence-corrected chi connectivity index (χ4v) is 2.29. The van der Waals surface area contributed by atoms with Crippen molar-refractivity contribution in [1.82, 2.24) is 5.32 Å².